The number of alkyl halides is 3. The Kier molecular flexibility index (Phi) is 5.12. The maximum Gasteiger partial charge on any atom is 0.418 e. The molecule has 0 bridgehead atoms. The molecule has 0 aliphatic heterocycles. The molecule has 3 aromatic rings. The Morgan fingerprint density at radius 3 is 2.46 bits per heavy atom. The van der Waals surface area contributed by atoms with Crippen LogP contribution in [-0.4, -0.2) is 22.0 Å². The van der Waals surface area contributed by atoms with Gasteiger partial charge in [-0.2, -0.15) is 13.2 Å². The van der Waals surface area contributed by atoms with Gasteiger partial charge in [-0.3, -0.25) is 14.6 Å². The fourth-order valence-electron chi connectivity index (χ4n) is 2.34. The number of rotatable bonds is 4. The van der Waals surface area contributed by atoms with Crippen LogP contribution in [0.3, 0.4) is 0 Å². The van der Waals surface area contributed by atoms with Gasteiger partial charge in [0.2, 0.25) is 0 Å². The Bertz CT molecular complexity index is 1030. The molecule has 2 heterocycles. The highest BCUT2D eigenvalue weighted by molar-refractivity contribution is 6.07. The fraction of sp³-hybridized carbons (Fsp3) is 0.111. The molecule has 0 unspecified atom stereocenters. The zero-order valence-electron chi connectivity index (χ0n) is 14.4. The molecular formula is C18H13F3N4O3. The van der Waals surface area contributed by atoms with Gasteiger partial charge in [0.05, 0.1) is 11.3 Å². The minimum atomic E-state index is -4.62. The van der Waals surface area contributed by atoms with Crippen LogP contribution in [0.25, 0.3) is 0 Å². The first-order valence-corrected chi connectivity index (χ1v) is 7.92. The van der Waals surface area contributed by atoms with E-state index in [2.05, 4.69) is 20.8 Å². The Balaban J connectivity index is 1.79. The van der Waals surface area contributed by atoms with Crippen molar-refractivity contribution in [2.24, 2.45) is 0 Å². The maximum atomic E-state index is 13.1. The van der Waals surface area contributed by atoms with Crippen LogP contribution in [0.15, 0.2) is 53.2 Å². The molecule has 0 aliphatic rings. The number of hydrogen-bond donors (Lipinski definition) is 2. The summed E-state index contributed by atoms with van der Waals surface area (Å²) in [6, 6.07) is 8.53. The van der Waals surface area contributed by atoms with Crippen LogP contribution in [-0.2, 0) is 6.18 Å². The molecule has 2 N–H and O–H groups in total. The van der Waals surface area contributed by atoms with Gasteiger partial charge >= 0.3 is 6.18 Å². The molecule has 144 valence electrons. The third-order valence-electron chi connectivity index (χ3n) is 3.60. The van der Waals surface area contributed by atoms with Crippen LogP contribution in [0.4, 0.5) is 24.7 Å². The van der Waals surface area contributed by atoms with Gasteiger partial charge in [0.15, 0.2) is 5.82 Å². The molecule has 0 saturated heterocycles. The first kappa shape index (κ1) is 19.1. The minimum Gasteiger partial charge on any atom is -0.360 e. The van der Waals surface area contributed by atoms with Crippen molar-refractivity contribution in [3.05, 3.63) is 71.2 Å². The summed E-state index contributed by atoms with van der Waals surface area (Å²) < 4.78 is 44.0. The summed E-state index contributed by atoms with van der Waals surface area (Å²) in [6.45, 7) is 1.64. The van der Waals surface area contributed by atoms with Crippen molar-refractivity contribution in [3.63, 3.8) is 0 Å². The van der Waals surface area contributed by atoms with E-state index in [0.717, 1.165) is 18.2 Å². The molecule has 0 atom stereocenters. The number of hydrogen-bond acceptors (Lipinski definition) is 5. The number of carbonyl (C=O) groups is 2. The largest absolute Gasteiger partial charge is 0.418 e. The van der Waals surface area contributed by atoms with E-state index in [4.69, 9.17) is 4.52 Å². The van der Waals surface area contributed by atoms with Gasteiger partial charge < -0.3 is 15.2 Å². The minimum absolute atomic E-state index is 0.0338. The highest BCUT2D eigenvalue weighted by atomic mass is 19.4. The number of halogens is 3. The predicted molar refractivity (Wildman–Crippen MR) is 92.8 cm³/mol. The van der Waals surface area contributed by atoms with E-state index in [-0.39, 0.29) is 22.8 Å². The second-order valence-corrected chi connectivity index (χ2v) is 5.70. The van der Waals surface area contributed by atoms with Crippen molar-refractivity contribution in [1.82, 2.24) is 10.1 Å². The molecule has 0 aliphatic carbocycles. The molecule has 28 heavy (non-hydrogen) atoms. The molecule has 0 saturated carbocycles. The standard InChI is InChI=1S/C18H13F3N4O3/c1-10-8-15(25-28-10)24-17(27)14-9-11(6-7-22-14)16(26)23-13-5-3-2-4-12(13)18(19,20)21/h2-9H,1H3,(H,23,26)(H,24,25,27). The third kappa shape index (κ3) is 4.34. The van der Waals surface area contributed by atoms with E-state index in [1.54, 1.807) is 6.92 Å². The number of aromatic nitrogens is 2. The predicted octanol–water partition coefficient (Wildman–Crippen LogP) is 3.90. The zero-order chi connectivity index (χ0) is 20.3. The van der Waals surface area contributed by atoms with E-state index in [1.165, 1.54) is 30.5 Å². The smallest absolute Gasteiger partial charge is 0.360 e. The summed E-state index contributed by atoms with van der Waals surface area (Å²) in [6.07, 6.45) is -3.42. The molecule has 0 spiro atoms. The van der Waals surface area contributed by atoms with Crippen LogP contribution < -0.4 is 10.6 Å². The summed E-state index contributed by atoms with van der Waals surface area (Å²) in [5.74, 6) is -0.818. The normalized spacial score (nSPS) is 11.1. The highest BCUT2D eigenvalue weighted by Crippen LogP contribution is 2.34. The molecule has 7 nitrogen and oxygen atoms in total. The number of benzene rings is 1. The van der Waals surface area contributed by atoms with Gasteiger partial charge in [-0.25, -0.2) is 0 Å². The van der Waals surface area contributed by atoms with Crippen molar-refractivity contribution in [3.8, 4) is 0 Å². The number of aryl methyl sites for hydroxylation is 1. The van der Waals surface area contributed by atoms with E-state index in [9.17, 15) is 22.8 Å². The monoisotopic (exact) mass is 390 g/mol. The lowest BCUT2D eigenvalue weighted by atomic mass is 10.1. The summed E-state index contributed by atoms with van der Waals surface area (Å²) in [5, 5.41) is 8.25. The van der Waals surface area contributed by atoms with Crippen molar-refractivity contribution in [1.29, 1.82) is 0 Å². The Morgan fingerprint density at radius 1 is 1.04 bits per heavy atom. The summed E-state index contributed by atoms with van der Waals surface area (Å²) in [7, 11) is 0. The molecule has 0 radical (unpaired) electrons. The average Bonchev–Trinajstić information content (AvgIpc) is 3.06. The number of pyridine rings is 1. The van der Waals surface area contributed by atoms with Gasteiger partial charge in [-0.15, -0.1) is 0 Å². The van der Waals surface area contributed by atoms with Crippen molar-refractivity contribution in [2.45, 2.75) is 13.1 Å². The number of anilines is 2. The molecular weight excluding hydrogens is 377 g/mol. The van der Waals surface area contributed by atoms with E-state index in [0.29, 0.717) is 5.76 Å². The van der Waals surface area contributed by atoms with Gasteiger partial charge in [0.25, 0.3) is 11.8 Å². The average molecular weight is 390 g/mol. The van der Waals surface area contributed by atoms with Crippen molar-refractivity contribution < 1.29 is 27.3 Å². The maximum absolute atomic E-state index is 13.1. The van der Waals surface area contributed by atoms with E-state index in [1.807, 2.05) is 0 Å². The SMILES string of the molecule is Cc1cc(NC(=O)c2cc(C(=O)Nc3ccccc3C(F)(F)F)ccn2)no1. The molecule has 0 fully saturated rings. The quantitative estimate of drug-likeness (QED) is 0.704. The second-order valence-electron chi connectivity index (χ2n) is 5.70. The van der Waals surface area contributed by atoms with Gasteiger partial charge in [-0.1, -0.05) is 17.3 Å². The topological polar surface area (TPSA) is 97.1 Å². The van der Waals surface area contributed by atoms with Gasteiger partial charge in [0, 0.05) is 17.8 Å². The number of nitrogens with zero attached hydrogens (tertiary/aromatic N) is 2. The Labute approximate surface area is 156 Å². The highest BCUT2D eigenvalue weighted by Gasteiger charge is 2.33. The third-order valence-corrected chi connectivity index (χ3v) is 3.60. The Hall–Kier alpha value is -3.69. The van der Waals surface area contributed by atoms with Crippen molar-refractivity contribution >= 4 is 23.3 Å². The summed E-state index contributed by atoms with van der Waals surface area (Å²) in [5.41, 5.74) is -1.51. The van der Waals surface area contributed by atoms with Crippen LogP contribution in [0.2, 0.25) is 0 Å². The lowest BCUT2D eigenvalue weighted by molar-refractivity contribution is -0.136. The first-order chi connectivity index (χ1) is 13.2. The Morgan fingerprint density at radius 2 is 1.79 bits per heavy atom. The molecule has 10 heteroatoms. The van der Waals surface area contributed by atoms with Gasteiger partial charge in [-0.05, 0) is 31.2 Å². The molecule has 3 rings (SSSR count). The van der Waals surface area contributed by atoms with Crippen LogP contribution >= 0.6 is 0 Å². The lowest BCUT2D eigenvalue weighted by Crippen LogP contribution is -2.18. The zero-order valence-corrected chi connectivity index (χ0v) is 14.4. The van der Waals surface area contributed by atoms with Crippen LogP contribution in [0.5, 0.6) is 0 Å². The van der Waals surface area contributed by atoms with Crippen LogP contribution in [0.1, 0.15) is 32.2 Å². The number of carbonyl (C=O) groups excluding carboxylic acids is 2. The molecule has 2 amide bonds. The fourth-order valence-corrected chi connectivity index (χ4v) is 2.34. The van der Waals surface area contributed by atoms with Gasteiger partial charge in [0.1, 0.15) is 11.5 Å². The number of para-hydroxylation sites is 1. The molecule has 1 aromatic carbocycles. The summed E-state index contributed by atoms with van der Waals surface area (Å²) in [4.78, 5) is 28.4. The second kappa shape index (κ2) is 7.51. The van der Waals surface area contributed by atoms with Crippen LogP contribution in [0, 0.1) is 6.92 Å². The van der Waals surface area contributed by atoms with Crippen molar-refractivity contribution in [2.75, 3.05) is 10.6 Å². The number of nitrogens with one attached hydrogen (secondary N) is 2. The number of amides is 2. The van der Waals surface area contributed by atoms with E-state index < -0.39 is 23.6 Å². The van der Waals surface area contributed by atoms with E-state index >= 15 is 0 Å². The summed E-state index contributed by atoms with van der Waals surface area (Å²) >= 11 is 0. The molecule has 2 aromatic heterocycles. The first-order valence-electron chi connectivity index (χ1n) is 7.92. The lowest BCUT2D eigenvalue weighted by Gasteiger charge is -2.13.